The molecule has 0 bridgehead atoms. The molecule has 13 aromatic rings. The minimum absolute atomic E-state index is 0.537. The summed E-state index contributed by atoms with van der Waals surface area (Å²) < 4.78 is 4.58. The lowest BCUT2D eigenvalue weighted by Gasteiger charge is -2.13. The molecular formula is C60H38N8. The van der Waals surface area contributed by atoms with E-state index in [0.29, 0.717) is 35.1 Å². The lowest BCUT2D eigenvalue weighted by molar-refractivity contribution is 0.955. The summed E-state index contributed by atoms with van der Waals surface area (Å²) in [6.07, 6.45) is 0. The quantitative estimate of drug-likeness (QED) is 0.151. The van der Waals surface area contributed by atoms with Crippen LogP contribution in [0.5, 0.6) is 0 Å². The molecule has 8 nitrogen and oxygen atoms in total. The second kappa shape index (κ2) is 16.2. The van der Waals surface area contributed by atoms with E-state index in [0.717, 1.165) is 88.2 Å². The molecule has 0 radical (unpaired) electrons. The molecule has 0 spiro atoms. The summed E-state index contributed by atoms with van der Waals surface area (Å²) in [5, 5.41) is 4.40. The molecule has 0 fully saturated rings. The van der Waals surface area contributed by atoms with Crippen LogP contribution in [0.25, 0.3) is 123 Å². The van der Waals surface area contributed by atoms with E-state index in [-0.39, 0.29) is 0 Å². The highest BCUT2D eigenvalue weighted by Gasteiger charge is 2.24. The van der Waals surface area contributed by atoms with Gasteiger partial charge in [-0.3, -0.25) is 4.57 Å². The Hall–Kier alpha value is -9.40. The number of para-hydroxylation sites is 2. The van der Waals surface area contributed by atoms with E-state index in [1.807, 2.05) is 84.9 Å². The summed E-state index contributed by atoms with van der Waals surface area (Å²) in [6.45, 7) is 0. The summed E-state index contributed by atoms with van der Waals surface area (Å²) in [5.41, 5.74) is 11.8. The first-order valence-corrected chi connectivity index (χ1v) is 22.6. The fraction of sp³-hybridized carbons (Fsp3) is 0. The molecule has 0 unspecified atom stereocenters. The molecule has 0 saturated heterocycles. The number of nitrogens with zero attached hydrogens (tertiary/aromatic N) is 8. The first-order valence-electron chi connectivity index (χ1n) is 22.6. The maximum absolute atomic E-state index is 5.38. The molecule has 68 heavy (non-hydrogen) atoms. The molecule has 0 aliphatic heterocycles. The monoisotopic (exact) mass is 870 g/mol. The highest BCUT2D eigenvalue weighted by molar-refractivity contribution is 6.26. The van der Waals surface area contributed by atoms with Gasteiger partial charge in [0.2, 0.25) is 5.95 Å². The molecule has 0 saturated carbocycles. The van der Waals surface area contributed by atoms with Crippen molar-refractivity contribution in [2.45, 2.75) is 0 Å². The zero-order chi connectivity index (χ0) is 45.0. The summed E-state index contributed by atoms with van der Waals surface area (Å²) in [5.74, 6) is 3.55. The van der Waals surface area contributed by atoms with Gasteiger partial charge in [-0.05, 0) is 47.5 Å². The fourth-order valence-corrected chi connectivity index (χ4v) is 9.49. The van der Waals surface area contributed by atoms with Gasteiger partial charge in [-0.1, -0.05) is 194 Å². The Balaban J connectivity index is 1.04. The maximum atomic E-state index is 5.38. The lowest BCUT2D eigenvalue weighted by atomic mass is 10.0. The Kier molecular flexibility index (Phi) is 9.31. The number of fused-ring (bicyclic) bond motifs is 7. The molecule has 4 aromatic heterocycles. The van der Waals surface area contributed by atoms with Gasteiger partial charge in [0, 0.05) is 55.0 Å². The van der Waals surface area contributed by atoms with Crippen LogP contribution in [0, 0.1) is 0 Å². The van der Waals surface area contributed by atoms with E-state index in [2.05, 4.69) is 155 Å². The molecule has 318 valence electrons. The maximum Gasteiger partial charge on any atom is 0.238 e. The summed E-state index contributed by atoms with van der Waals surface area (Å²) >= 11 is 0. The van der Waals surface area contributed by atoms with Crippen LogP contribution < -0.4 is 0 Å². The van der Waals surface area contributed by atoms with Gasteiger partial charge in [-0.15, -0.1) is 0 Å². The summed E-state index contributed by atoms with van der Waals surface area (Å²) in [4.78, 5) is 31.0. The standard InChI is InChI=1S/C60H38N8/c1-5-19-39(20-6-1)43-27-17-28-44(37-43)59-64-57(42-25-11-4-12-26-42)65-60(66-59)68-50-33-15-13-31-47(50)48-35-36-52-53(54(48)68)49-32-14-16-34-51(49)67(52)46-30-18-29-45(38-46)58-62-55(40-21-7-2-8-22-40)61-56(63-58)41-23-9-3-10-24-41/h1-38H. The van der Waals surface area contributed by atoms with Gasteiger partial charge in [0.05, 0.1) is 22.1 Å². The lowest BCUT2D eigenvalue weighted by Crippen LogP contribution is -2.06. The smallest absolute Gasteiger partial charge is 0.238 e. The number of benzene rings is 9. The number of rotatable bonds is 8. The SMILES string of the molecule is c1ccc(-c2cccc(-c3nc(-c4ccccc4)nc(-n4c5ccccc5c5ccc6c(c7ccccc7n6-c6cccc(-c7nc(-c8ccccc8)nc(-c8ccccc8)n7)c6)c54)n3)c2)cc1. The topological polar surface area (TPSA) is 87.2 Å². The average molecular weight is 871 g/mol. The number of aromatic nitrogens is 8. The van der Waals surface area contributed by atoms with Gasteiger partial charge in [0.1, 0.15) is 0 Å². The van der Waals surface area contributed by atoms with Crippen LogP contribution in [0.4, 0.5) is 0 Å². The first-order chi connectivity index (χ1) is 33.7. The average Bonchev–Trinajstić information content (AvgIpc) is 3.95. The van der Waals surface area contributed by atoms with E-state index < -0.39 is 0 Å². The third-order valence-electron chi connectivity index (χ3n) is 12.6. The van der Waals surface area contributed by atoms with Gasteiger partial charge >= 0.3 is 0 Å². The van der Waals surface area contributed by atoms with Crippen molar-refractivity contribution in [3.05, 3.63) is 231 Å². The summed E-state index contributed by atoms with van der Waals surface area (Å²) in [7, 11) is 0. The molecule has 0 N–H and O–H groups in total. The Labute approximate surface area is 391 Å². The van der Waals surface area contributed by atoms with Crippen molar-refractivity contribution in [3.8, 4) is 79.7 Å². The Bertz CT molecular complexity index is 3960. The van der Waals surface area contributed by atoms with Crippen molar-refractivity contribution in [1.82, 2.24) is 39.0 Å². The number of hydrogen-bond acceptors (Lipinski definition) is 6. The highest BCUT2D eigenvalue weighted by atomic mass is 15.2. The third kappa shape index (κ3) is 6.70. The molecule has 4 heterocycles. The van der Waals surface area contributed by atoms with Crippen molar-refractivity contribution >= 4 is 43.6 Å². The van der Waals surface area contributed by atoms with Crippen LogP contribution in [0.1, 0.15) is 0 Å². The Morgan fingerprint density at radius 2 is 0.676 bits per heavy atom. The molecule has 0 aliphatic rings. The van der Waals surface area contributed by atoms with E-state index >= 15 is 0 Å². The van der Waals surface area contributed by atoms with Crippen LogP contribution in [0.2, 0.25) is 0 Å². The van der Waals surface area contributed by atoms with Gasteiger partial charge < -0.3 is 4.57 Å². The normalized spacial score (nSPS) is 11.5. The van der Waals surface area contributed by atoms with Gasteiger partial charge in [-0.2, -0.15) is 9.97 Å². The predicted octanol–water partition coefficient (Wildman–Crippen LogP) is 14.3. The predicted molar refractivity (Wildman–Crippen MR) is 275 cm³/mol. The van der Waals surface area contributed by atoms with Crippen molar-refractivity contribution in [2.24, 2.45) is 0 Å². The van der Waals surface area contributed by atoms with E-state index in [9.17, 15) is 0 Å². The van der Waals surface area contributed by atoms with Crippen LogP contribution in [-0.2, 0) is 0 Å². The second-order valence-electron chi connectivity index (χ2n) is 16.7. The zero-order valence-corrected chi connectivity index (χ0v) is 36.5. The van der Waals surface area contributed by atoms with Crippen LogP contribution >= 0.6 is 0 Å². The van der Waals surface area contributed by atoms with Crippen LogP contribution in [0.3, 0.4) is 0 Å². The minimum atomic E-state index is 0.537. The van der Waals surface area contributed by atoms with Crippen molar-refractivity contribution in [1.29, 1.82) is 0 Å². The summed E-state index contributed by atoms with van der Waals surface area (Å²) in [6, 6.07) is 79.3. The molecule has 0 aliphatic carbocycles. The molecule has 0 amide bonds. The molecule has 13 rings (SSSR count). The van der Waals surface area contributed by atoms with Crippen molar-refractivity contribution in [2.75, 3.05) is 0 Å². The van der Waals surface area contributed by atoms with Crippen LogP contribution in [-0.4, -0.2) is 39.0 Å². The molecular weight excluding hydrogens is 833 g/mol. The fourth-order valence-electron chi connectivity index (χ4n) is 9.49. The van der Waals surface area contributed by atoms with Gasteiger partial charge in [0.25, 0.3) is 0 Å². The molecule has 0 atom stereocenters. The van der Waals surface area contributed by atoms with Gasteiger partial charge in [0.15, 0.2) is 29.1 Å². The Morgan fingerprint density at radius 3 is 1.28 bits per heavy atom. The van der Waals surface area contributed by atoms with E-state index in [1.165, 1.54) is 0 Å². The molecule has 8 heteroatoms. The largest absolute Gasteiger partial charge is 0.309 e. The first kappa shape index (κ1) is 39.0. The van der Waals surface area contributed by atoms with Crippen LogP contribution in [0.15, 0.2) is 231 Å². The van der Waals surface area contributed by atoms with Crippen molar-refractivity contribution in [3.63, 3.8) is 0 Å². The zero-order valence-electron chi connectivity index (χ0n) is 36.5. The number of hydrogen-bond donors (Lipinski definition) is 0. The molecule has 9 aromatic carbocycles. The highest BCUT2D eigenvalue weighted by Crippen LogP contribution is 2.42. The van der Waals surface area contributed by atoms with Gasteiger partial charge in [-0.25, -0.2) is 19.9 Å². The second-order valence-corrected chi connectivity index (χ2v) is 16.7. The third-order valence-corrected chi connectivity index (χ3v) is 12.6. The Morgan fingerprint density at radius 1 is 0.250 bits per heavy atom. The van der Waals surface area contributed by atoms with E-state index in [1.54, 1.807) is 0 Å². The van der Waals surface area contributed by atoms with Crippen molar-refractivity contribution < 1.29 is 0 Å². The van der Waals surface area contributed by atoms with E-state index in [4.69, 9.17) is 29.9 Å². The minimum Gasteiger partial charge on any atom is -0.309 e.